The second-order valence-electron chi connectivity index (χ2n) is 8.90. The van der Waals surface area contributed by atoms with E-state index in [-0.39, 0.29) is 17.9 Å². The molecule has 1 aliphatic carbocycles. The summed E-state index contributed by atoms with van der Waals surface area (Å²) in [6, 6.07) is 1.00. The lowest BCUT2D eigenvalue weighted by Gasteiger charge is -2.20. The Morgan fingerprint density at radius 1 is 1.09 bits per heavy atom. The topological polar surface area (TPSA) is 110 Å². The molecule has 2 heterocycles. The molecule has 0 spiro atoms. The maximum absolute atomic E-state index is 12.8. The largest absolute Gasteiger partial charge is 0.480 e. The Bertz CT molecular complexity index is 1280. The van der Waals surface area contributed by atoms with Gasteiger partial charge in [-0.3, -0.25) is 4.79 Å². The number of aliphatic carboxylic acids is 1. The zero-order chi connectivity index (χ0) is 23.2. The SMILES string of the molecule is CC[C@@H](C)[C@H](NC(=O)Cc1c(C)c2cc3c4c(oc3c(C)c2oc1=O)CCCC4)C(=O)O. The van der Waals surface area contributed by atoms with Gasteiger partial charge in [0.05, 0.1) is 12.0 Å². The van der Waals surface area contributed by atoms with Crippen molar-refractivity contribution in [3.05, 3.63) is 44.5 Å². The predicted molar refractivity (Wildman–Crippen MR) is 121 cm³/mol. The Hall–Kier alpha value is -3.09. The lowest BCUT2D eigenvalue weighted by molar-refractivity contribution is -0.143. The van der Waals surface area contributed by atoms with Crippen LogP contribution in [0.5, 0.6) is 0 Å². The Kier molecular flexibility index (Phi) is 5.84. The van der Waals surface area contributed by atoms with Crippen molar-refractivity contribution in [2.75, 3.05) is 0 Å². The summed E-state index contributed by atoms with van der Waals surface area (Å²) in [6.45, 7) is 7.34. The first-order valence-electron chi connectivity index (χ1n) is 11.2. The molecule has 2 atom stereocenters. The van der Waals surface area contributed by atoms with Gasteiger partial charge in [0.2, 0.25) is 5.91 Å². The molecule has 0 aliphatic heterocycles. The number of carbonyl (C=O) groups is 2. The van der Waals surface area contributed by atoms with Crippen LogP contribution in [0.25, 0.3) is 21.9 Å². The van der Waals surface area contributed by atoms with Gasteiger partial charge in [0, 0.05) is 28.3 Å². The van der Waals surface area contributed by atoms with E-state index in [9.17, 15) is 19.5 Å². The molecule has 2 N–H and O–H groups in total. The molecule has 0 saturated carbocycles. The molecule has 170 valence electrons. The van der Waals surface area contributed by atoms with Gasteiger partial charge in [0.1, 0.15) is 23.0 Å². The second-order valence-corrected chi connectivity index (χ2v) is 8.90. The molecule has 1 amide bonds. The molecule has 2 aromatic heterocycles. The number of carboxylic acid groups (broad SMARTS) is 1. The van der Waals surface area contributed by atoms with Crippen molar-refractivity contribution in [2.45, 2.75) is 72.3 Å². The van der Waals surface area contributed by atoms with E-state index in [2.05, 4.69) is 5.32 Å². The maximum atomic E-state index is 12.8. The number of amides is 1. The number of carbonyl (C=O) groups excluding carboxylic acids is 1. The highest BCUT2D eigenvalue weighted by Crippen LogP contribution is 2.37. The fraction of sp³-hybridized carbons (Fsp3) is 0.480. The molecule has 0 radical (unpaired) electrons. The smallest absolute Gasteiger partial charge is 0.340 e. The van der Waals surface area contributed by atoms with E-state index in [1.54, 1.807) is 6.92 Å². The first-order chi connectivity index (χ1) is 15.2. The molecule has 0 bridgehead atoms. The van der Waals surface area contributed by atoms with Gasteiger partial charge >= 0.3 is 11.6 Å². The number of aryl methyl sites for hydroxylation is 4. The average molecular weight is 440 g/mol. The van der Waals surface area contributed by atoms with E-state index < -0.39 is 23.5 Å². The Morgan fingerprint density at radius 3 is 2.47 bits per heavy atom. The van der Waals surface area contributed by atoms with Gasteiger partial charge in [-0.2, -0.15) is 0 Å². The van der Waals surface area contributed by atoms with Crippen LogP contribution in [-0.2, 0) is 28.9 Å². The van der Waals surface area contributed by atoms with Crippen LogP contribution >= 0.6 is 0 Å². The normalized spacial score (nSPS) is 15.5. The highest BCUT2D eigenvalue weighted by molar-refractivity contribution is 6.00. The van der Waals surface area contributed by atoms with Crippen LogP contribution in [0.1, 0.15) is 61.1 Å². The van der Waals surface area contributed by atoms with Crippen molar-refractivity contribution in [3.8, 4) is 0 Å². The third-order valence-corrected chi connectivity index (χ3v) is 6.86. The van der Waals surface area contributed by atoms with Crippen molar-refractivity contribution >= 4 is 33.8 Å². The third-order valence-electron chi connectivity index (χ3n) is 6.86. The van der Waals surface area contributed by atoms with Crippen LogP contribution in [0.2, 0.25) is 0 Å². The van der Waals surface area contributed by atoms with Crippen LogP contribution in [0.4, 0.5) is 0 Å². The van der Waals surface area contributed by atoms with Crippen molar-refractivity contribution in [2.24, 2.45) is 5.92 Å². The van der Waals surface area contributed by atoms with E-state index >= 15 is 0 Å². The summed E-state index contributed by atoms with van der Waals surface area (Å²) in [5.41, 5.74) is 3.58. The first kappa shape index (κ1) is 22.1. The summed E-state index contributed by atoms with van der Waals surface area (Å²) in [5, 5.41) is 13.8. The fourth-order valence-corrected chi connectivity index (χ4v) is 4.69. The van der Waals surface area contributed by atoms with E-state index in [1.165, 1.54) is 5.56 Å². The maximum Gasteiger partial charge on any atom is 0.340 e. The number of rotatable bonds is 6. The molecular weight excluding hydrogens is 410 g/mol. The molecule has 7 heteroatoms. The van der Waals surface area contributed by atoms with E-state index in [4.69, 9.17) is 8.83 Å². The van der Waals surface area contributed by atoms with E-state index in [1.807, 2.05) is 26.8 Å². The minimum Gasteiger partial charge on any atom is -0.480 e. The number of nitrogens with one attached hydrogen (secondary N) is 1. The second kappa shape index (κ2) is 8.45. The quantitative estimate of drug-likeness (QED) is 0.557. The average Bonchev–Trinajstić information content (AvgIpc) is 3.14. The highest BCUT2D eigenvalue weighted by Gasteiger charge is 2.27. The standard InChI is InChI=1S/C25H29NO6/c1-5-12(2)21(24(28)29)26-20(27)11-17-13(3)16-10-18-15-8-6-7-9-19(15)31-23(18)14(4)22(16)32-25(17)30/h10,12,21H,5-9,11H2,1-4H3,(H,26,27)(H,28,29)/t12-,21+/m1/s1. The lowest BCUT2D eigenvalue weighted by Crippen LogP contribution is -2.45. The van der Waals surface area contributed by atoms with Gasteiger partial charge in [-0.1, -0.05) is 20.3 Å². The van der Waals surface area contributed by atoms with Gasteiger partial charge in [0.15, 0.2) is 0 Å². The van der Waals surface area contributed by atoms with Crippen LogP contribution < -0.4 is 10.9 Å². The van der Waals surface area contributed by atoms with Crippen molar-refractivity contribution < 1.29 is 23.5 Å². The molecule has 3 aromatic rings. The van der Waals surface area contributed by atoms with Gasteiger partial charge in [-0.05, 0) is 50.7 Å². The summed E-state index contributed by atoms with van der Waals surface area (Å²) in [7, 11) is 0. The van der Waals surface area contributed by atoms with Crippen molar-refractivity contribution in [3.63, 3.8) is 0 Å². The van der Waals surface area contributed by atoms with Crippen molar-refractivity contribution in [1.82, 2.24) is 5.32 Å². The number of hydrogen-bond donors (Lipinski definition) is 2. The minimum absolute atomic E-state index is 0.228. The van der Waals surface area contributed by atoms with Crippen LogP contribution in [0, 0.1) is 19.8 Å². The first-order valence-corrected chi connectivity index (χ1v) is 11.2. The Morgan fingerprint density at radius 2 is 1.78 bits per heavy atom. The van der Waals surface area contributed by atoms with Gasteiger partial charge in [0.25, 0.3) is 0 Å². The van der Waals surface area contributed by atoms with Crippen LogP contribution in [0.15, 0.2) is 19.7 Å². The predicted octanol–water partition coefficient (Wildman–Crippen LogP) is 4.19. The summed E-state index contributed by atoms with van der Waals surface area (Å²) in [4.78, 5) is 37.0. The molecule has 1 aromatic carbocycles. The number of fused-ring (bicyclic) bond motifs is 4. The number of hydrogen-bond acceptors (Lipinski definition) is 5. The van der Waals surface area contributed by atoms with Gasteiger partial charge in [-0.25, -0.2) is 9.59 Å². The Labute approximate surface area is 185 Å². The van der Waals surface area contributed by atoms with E-state index in [0.29, 0.717) is 17.6 Å². The number of furan rings is 1. The van der Waals surface area contributed by atoms with Gasteiger partial charge in [-0.15, -0.1) is 0 Å². The number of carboxylic acids is 1. The monoisotopic (exact) mass is 439 g/mol. The summed E-state index contributed by atoms with van der Waals surface area (Å²) in [5.74, 6) is -0.813. The summed E-state index contributed by atoms with van der Waals surface area (Å²) in [6.07, 6.45) is 4.48. The van der Waals surface area contributed by atoms with Crippen LogP contribution in [0.3, 0.4) is 0 Å². The Balaban J connectivity index is 1.76. The summed E-state index contributed by atoms with van der Waals surface area (Å²) < 4.78 is 11.8. The molecule has 7 nitrogen and oxygen atoms in total. The number of benzene rings is 1. The van der Waals surface area contributed by atoms with Crippen molar-refractivity contribution in [1.29, 1.82) is 0 Å². The molecule has 32 heavy (non-hydrogen) atoms. The zero-order valence-electron chi connectivity index (χ0n) is 19.0. The molecule has 0 unspecified atom stereocenters. The zero-order valence-corrected chi connectivity index (χ0v) is 19.0. The van der Waals surface area contributed by atoms with E-state index in [0.717, 1.165) is 53.4 Å². The van der Waals surface area contributed by atoms with Gasteiger partial charge < -0.3 is 19.3 Å². The highest BCUT2D eigenvalue weighted by atomic mass is 16.4. The molecule has 4 rings (SSSR count). The summed E-state index contributed by atoms with van der Waals surface area (Å²) >= 11 is 0. The molecule has 1 aliphatic rings. The fourth-order valence-electron chi connectivity index (χ4n) is 4.69. The lowest BCUT2D eigenvalue weighted by atomic mass is 9.93. The van der Waals surface area contributed by atoms with Crippen LogP contribution in [-0.4, -0.2) is 23.0 Å². The molecule has 0 fully saturated rings. The molecular formula is C25H29NO6. The third kappa shape index (κ3) is 3.70. The minimum atomic E-state index is -1.09. The molecule has 0 saturated heterocycles.